The molecule has 0 aliphatic carbocycles. The molecule has 0 amide bonds. The maximum absolute atomic E-state index is 9.77. The fourth-order valence-electron chi connectivity index (χ4n) is 1.79. The quantitative estimate of drug-likeness (QED) is 0.535. The molecule has 0 fully saturated rings. The van der Waals surface area contributed by atoms with E-state index in [0.29, 0.717) is 5.75 Å². The number of H-pyrrole nitrogens is 1. The average molecular weight is 462 g/mol. The van der Waals surface area contributed by atoms with E-state index >= 15 is 0 Å². The summed E-state index contributed by atoms with van der Waals surface area (Å²) >= 11 is 4.25. The number of phenolic OH excluding ortho intramolecular Hbond substituents is 1. The van der Waals surface area contributed by atoms with Gasteiger partial charge < -0.3 is 10.1 Å². The lowest BCUT2D eigenvalue weighted by atomic mass is 10.2. The number of aromatic amines is 1. The number of halogens is 2. The zero-order chi connectivity index (χ0) is 12.7. The number of imidazole rings is 1. The van der Waals surface area contributed by atoms with Gasteiger partial charge in [-0.05, 0) is 69.4 Å². The Morgan fingerprint density at radius 1 is 1.06 bits per heavy atom. The van der Waals surface area contributed by atoms with Crippen LogP contribution in [-0.2, 0) is 0 Å². The Kier molecular flexibility index (Phi) is 3.18. The molecule has 5 heteroatoms. The summed E-state index contributed by atoms with van der Waals surface area (Å²) in [6.07, 6.45) is 0. The van der Waals surface area contributed by atoms with Crippen LogP contribution >= 0.6 is 45.2 Å². The molecule has 0 unspecified atom stereocenters. The number of aromatic nitrogens is 2. The molecule has 0 atom stereocenters. The zero-order valence-corrected chi connectivity index (χ0v) is 13.4. The lowest BCUT2D eigenvalue weighted by Gasteiger charge is -2.03. The monoisotopic (exact) mass is 462 g/mol. The third kappa shape index (κ3) is 2.09. The molecule has 0 bridgehead atoms. The molecule has 2 N–H and O–H groups in total. The topological polar surface area (TPSA) is 48.9 Å². The second-order valence-electron chi connectivity index (χ2n) is 3.89. The van der Waals surface area contributed by atoms with Crippen molar-refractivity contribution in [2.45, 2.75) is 0 Å². The molecule has 3 nitrogen and oxygen atoms in total. The maximum atomic E-state index is 9.77. The highest BCUT2D eigenvalue weighted by atomic mass is 127. The Bertz CT molecular complexity index is 681. The van der Waals surface area contributed by atoms with Crippen LogP contribution in [0.15, 0.2) is 36.4 Å². The Morgan fingerprint density at radius 2 is 1.72 bits per heavy atom. The zero-order valence-electron chi connectivity index (χ0n) is 9.11. The van der Waals surface area contributed by atoms with Gasteiger partial charge in [-0.15, -0.1) is 0 Å². The van der Waals surface area contributed by atoms with Crippen LogP contribution < -0.4 is 0 Å². The first-order valence-electron chi connectivity index (χ1n) is 5.28. The van der Waals surface area contributed by atoms with Crippen LogP contribution in [0.4, 0.5) is 0 Å². The Morgan fingerprint density at radius 3 is 2.39 bits per heavy atom. The number of nitrogens with one attached hydrogen (secondary N) is 1. The van der Waals surface area contributed by atoms with E-state index in [2.05, 4.69) is 55.1 Å². The third-order valence-electron chi connectivity index (χ3n) is 2.68. The van der Waals surface area contributed by atoms with E-state index in [1.165, 1.54) is 0 Å². The molecule has 0 radical (unpaired) electrons. The molecule has 3 aromatic rings. The van der Waals surface area contributed by atoms with Crippen molar-refractivity contribution in [2.24, 2.45) is 0 Å². The van der Waals surface area contributed by atoms with Crippen molar-refractivity contribution >= 4 is 56.2 Å². The molecule has 0 spiro atoms. The molecule has 1 heterocycles. The van der Waals surface area contributed by atoms with Gasteiger partial charge in [0.15, 0.2) is 0 Å². The van der Waals surface area contributed by atoms with Gasteiger partial charge in [0.25, 0.3) is 0 Å². The van der Waals surface area contributed by atoms with Crippen LogP contribution in [0.1, 0.15) is 0 Å². The molecule has 90 valence electrons. The van der Waals surface area contributed by atoms with Crippen LogP contribution in [-0.4, -0.2) is 15.1 Å². The number of hydrogen-bond donors (Lipinski definition) is 2. The minimum Gasteiger partial charge on any atom is -0.506 e. The second-order valence-corrected chi connectivity index (χ2v) is 6.22. The van der Waals surface area contributed by atoms with E-state index < -0.39 is 0 Å². The van der Waals surface area contributed by atoms with Gasteiger partial charge in [-0.3, -0.25) is 0 Å². The van der Waals surface area contributed by atoms with E-state index in [-0.39, 0.29) is 0 Å². The summed E-state index contributed by atoms with van der Waals surface area (Å²) in [4.78, 5) is 7.84. The Labute approximate surface area is 131 Å². The van der Waals surface area contributed by atoms with E-state index in [1.54, 1.807) is 0 Å². The van der Waals surface area contributed by atoms with E-state index in [4.69, 9.17) is 0 Å². The summed E-state index contributed by atoms with van der Waals surface area (Å²) in [6, 6.07) is 11.8. The van der Waals surface area contributed by atoms with Crippen molar-refractivity contribution in [2.75, 3.05) is 0 Å². The third-order valence-corrected chi connectivity index (χ3v) is 4.32. The van der Waals surface area contributed by atoms with Crippen molar-refractivity contribution in [1.82, 2.24) is 9.97 Å². The summed E-state index contributed by atoms with van der Waals surface area (Å²) < 4.78 is 1.66. The maximum Gasteiger partial charge on any atom is 0.142 e. The number of phenols is 1. The smallest absolute Gasteiger partial charge is 0.142 e. The standard InChI is InChI=1S/C13H8I2N2O/c14-8-5-7(6-9(15)12(8)18)13-16-10-3-1-2-4-11(10)17-13/h1-6,18H,(H,16,17). The summed E-state index contributed by atoms with van der Waals surface area (Å²) in [6.45, 7) is 0. The molecule has 18 heavy (non-hydrogen) atoms. The average Bonchev–Trinajstić information content (AvgIpc) is 2.79. The van der Waals surface area contributed by atoms with Gasteiger partial charge in [-0.1, -0.05) is 12.1 Å². The van der Waals surface area contributed by atoms with Crippen LogP contribution in [0.5, 0.6) is 5.75 Å². The Balaban J connectivity index is 2.20. The summed E-state index contributed by atoms with van der Waals surface area (Å²) in [5.41, 5.74) is 2.95. The van der Waals surface area contributed by atoms with Crippen molar-refractivity contribution in [3.63, 3.8) is 0 Å². The SMILES string of the molecule is Oc1c(I)cc(-c2nc3ccccc3[nH]2)cc1I. The normalized spacial score (nSPS) is 11.0. The highest BCUT2D eigenvalue weighted by Gasteiger charge is 2.10. The molecular weight excluding hydrogens is 454 g/mol. The van der Waals surface area contributed by atoms with Crippen LogP contribution in [0.25, 0.3) is 22.4 Å². The largest absolute Gasteiger partial charge is 0.506 e. The number of aromatic hydroxyl groups is 1. The predicted molar refractivity (Wildman–Crippen MR) is 88.6 cm³/mol. The van der Waals surface area contributed by atoms with Crippen LogP contribution in [0, 0.1) is 7.14 Å². The van der Waals surface area contributed by atoms with Gasteiger partial charge in [0.1, 0.15) is 11.6 Å². The first kappa shape index (κ1) is 12.2. The molecule has 0 saturated heterocycles. The number of benzene rings is 2. The lowest BCUT2D eigenvalue weighted by molar-refractivity contribution is 0.467. The van der Waals surface area contributed by atoms with Gasteiger partial charge in [0.2, 0.25) is 0 Å². The van der Waals surface area contributed by atoms with E-state index in [0.717, 1.165) is 29.6 Å². The Hall–Kier alpha value is -0.830. The lowest BCUT2D eigenvalue weighted by Crippen LogP contribution is -1.86. The molecule has 3 rings (SSSR count). The predicted octanol–water partition coefficient (Wildman–Crippen LogP) is 4.14. The van der Waals surface area contributed by atoms with Gasteiger partial charge >= 0.3 is 0 Å². The number of hydrogen-bond acceptors (Lipinski definition) is 2. The number of nitrogens with zero attached hydrogens (tertiary/aromatic N) is 1. The van der Waals surface area contributed by atoms with Crippen LogP contribution in [0.2, 0.25) is 0 Å². The van der Waals surface area contributed by atoms with Gasteiger partial charge in [0, 0.05) is 5.56 Å². The van der Waals surface area contributed by atoms with Crippen molar-refractivity contribution in [3.05, 3.63) is 43.5 Å². The number of fused-ring (bicyclic) bond motifs is 1. The fourth-order valence-corrected chi connectivity index (χ4v) is 3.56. The minimum atomic E-state index is 0.330. The first-order chi connectivity index (χ1) is 8.65. The molecule has 0 aliphatic rings. The van der Waals surface area contributed by atoms with Crippen molar-refractivity contribution in [3.8, 4) is 17.1 Å². The van der Waals surface area contributed by atoms with Crippen molar-refractivity contribution in [1.29, 1.82) is 0 Å². The molecule has 0 aliphatic heterocycles. The number of para-hydroxylation sites is 2. The molecule has 1 aromatic heterocycles. The van der Waals surface area contributed by atoms with E-state index in [1.807, 2.05) is 36.4 Å². The highest BCUT2D eigenvalue weighted by Crippen LogP contribution is 2.31. The van der Waals surface area contributed by atoms with Gasteiger partial charge in [-0.2, -0.15) is 0 Å². The summed E-state index contributed by atoms with van der Waals surface area (Å²) in [7, 11) is 0. The molecule has 2 aromatic carbocycles. The van der Waals surface area contributed by atoms with Gasteiger partial charge in [0.05, 0.1) is 18.2 Å². The fraction of sp³-hybridized carbons (Fsp3) is 0. The summed E-state index contributed by atoms with van der Waals surface area (Å²) in [5.74, 6) is 1.16. The van der Waals surface area contributed by atoms with E-state index in [9.17, 15) is 5.11 Å². The highest BCUT2D eigenvalue weighted by molar-refractivity contribution is 14.1. The number of rotatable bonds is 1. The summed E-state index contributed by atoms with van der Waals surface area (Å²) in [5, 5.41) is 9.77. The van der Waals surface area contributed by atoms with Crippen LogP contribution in [0.3, 0.4) is 0 Å². The minimum absolute atomic E-state index is 0.330. The molecular formula is C13H8I2N2O. The van der Waals surface area contributed by atoms with Crippen molar-refractivity contribution < 1.29 is 5.11 Å². The molecule has 0 saturated carbocycles. The van der Waals surface area contributed by atoms with Gasteiger partial charge in [-0.25, -0.2) is 4.98 Å². The second kappa shape index (κ2) is 4.69. The first-order valence-corrected chi connectivity index (χ1v) is 7.44.